The molecule has 0 spiro atoms. The smallest absolute Gasteiger partial charge is 0.406 e. The van der Waals surface area contributed by atoms with E-state index >= 15 is 0 Å². The average molecular weight is 354 g/mol. The number of alkyl halides is 3. The number of aliphatic hydroxyl groups is 1. The van der Waals surface area contributed by atoms with Crippen LogP contribution < -0.4 is 15.8 Å². The summed E-state index contributed by atoms with van der Waals surface area (Å²) in [7, 11) is 0. The molecule has 3 atom stereocenters. The van der Waals surface area contributed by atoms with Gasteiger partial charge in [-0.15, -0.1) is 13.2 Å². The third-order valence-electron chi connectivity index (χ3n) is 3.76. The van der Waals surface area contributed by atoms with Gasteiger partial charge in [-0.1, -0.05) is 42.5 Å². The summed E-state index contributed by atoms with van der Waals surface area (Å²) in [5.74, 6) is -0.275. The van der Waals surface area contributed by atoms with Crippen molar-refractivity contribution in [2.75, 3.05) is 0 Å². The van der Waals surface area contributed by atoms with Gasteiger partial charge in [0.1, 0.15) is 5.75 Å². The van der Waals surface area contributed by atoms with Gasteiger partial charge in [0.25, 0.3) is 0 Å². The van der Waals surface area contributed by atoms with Crippen LogP contribution in [-0.2, 0) is 6.54 Å². The monoisotopic (exact) mass is 354 g/mol. The van der Waals surface area contributed by atoms with E-state index in [1.54, 1.807) is 13.0 Å². The van der Waals surface area contributed by atoms with Gasteiger partial charge in [0, 0.05) is 12.6 Å². The van der Waals surface area contributed by atoms with Gasteiger partial charge >= 0.3 is 6.36 Å². The predicted octanol–water partition coefficient (Wildman–Crippen LogP) is 3.12. The molecule has 0 aliphatic rings. The van der Waals surface area contributed by atoms with E-state index in [1.165, 1.54) is 18.2 Å². The Hall–Kier alpha value is -2.09. The molecule has 2 rings (SSSR count). The molecule has 4 nitrogen and oxygen atoms in total. The Balaban J connectivity index is 2.11. The van der Waals surface area contributed by atoms with Crippen molar-refractivity contribution in [1.29, 1.82) is 0 Å². The van der Waals surface area contributed by atoms with Crippen LogP contribution in [0.4, 0.5) is 13.2 Å². The third-order valence-corrected chi connectivity index (χ3v) is 3.76. The van der Waals surface area contributed by atoms with Crippen molar-refractivity contribution in [1.82, 2.24) is 5.32 Å². The number of nitrogens with one attached hydrogen (secondary N) is 1. The Morgan fingerprint density at radius 3 is 2.40 bits per heavy atom. The van der Waals surface area contributed by atoms with Crippen molar-refractivity contribution in [3.8, 4) is 5.75 Å². The largest absolute Gasteiger partial charge is 0.573 e. The van der Waals surface area contributed by atoms with E-state index in [0.717, 1.165) is 5.56 Å². The molecule has 0 fully saturated rings. The van der Waals surface area contributed by atoms with Crippen molar-refractivity contribution < 1.29 is 23.0 Å². The van der Waals surface area contributed by atoms with Gasteiger partial charge in [-0.25, -0.2) is 0 Å². The lowest BCUT2D eigenvalue weighted by Gasteiger charge is -2.28. The molecule has 0 radical (unpaired) electrons. The molecule has 2 aromatic rings. The van der Waals surface area contributed by atoms with Crippen LogP contribution in [0.2, 0.25) is 0 Å². The Morgan fingerprint density at radius 1 is 1.12 bits per heavy atom. The van der Waals surface area contributed by atoms with Crippen molar-refractivity contribution in [2.24, 2.45) is 5.73 Å². The van der Waals surface area contributed by atoms with Crippen LogP contribution in [0, 0.1) is 0 Å². The van der Waals surface area contributed by atoms with Crippen LogP contribution in [0.1, 0.15) is 24.1 Å². The SMILES string of the molecule is C[C@@H](O)[C@@H](N)C(NCc1cccc(OC(F)(F)F)c1)c1ccccc1. The second kappa shape index (κ2) is 8.33. The van der Waals surface area contributed by atoms with Crippen molar-refractivity contribution in [3.63, 3.8) is 0 Å². The zero-order chi connectivity index (χ0) is 18.4. The van der Waals surface area contributed by atoms with E-state index in [9.17, 15) is 18.3 Å². The Kier molecular flexibility index (Phi) is 6.41. The molecule has 0 saturated carbocycles. The highest BCUT2D eigenvalue weighted by atomic mass is 19.4. The first-order valence-electron chi connectivity index (χ1n) is 7.83. The molecule has 0 amide bonds. The summed E-state index contributed by atoms with van der Waals surface area (Å²) in [6.45, 7) is 1.87. The molecule has 7 heteroatoms. The topological polar surface area (TPSA) is 67.5 Å². The minimum absolute atomic E-state index is 0.273. The fraction of sp³-hybridized carbons (Fsp3) is 0.333. The number of nitrogens with two attached hydrogens (primary N) is 1. The lowest BCUT2D eigenvalue weighted by molar-refractivity contribution is -0.274. The number of hydrogen-bond donors (Lipinski definition) is 3. The van der Waals surface area contributed by atoms with Gasteiger partial charge < -0.3 is 20.9 Å². The molecule has 0 bridgehead atoms. The van der Waals surface area contributed by atoms with Crippen LogP contribution in [0.25, 0.3) is 0 Å². The summed E-state index contributed by atoms with van der Waals surface area (Å²) >= 11 is 0. The lowest BCUT2D eigenvalue weighted by atomic mass is 9.96. The number of benzene rings is 2. The average Bonchev–Trinajstić information content (AvgIpc) is 2.54. The Bertz CT molecular complexity index is 663. The molecular formula is C18H21F3N2O2. The lowest BCUT2D eigenvalue weighted by Crippen LogP contribution is -2.44. The molecule has 136 valence electrons. The molecule has 0 saturated heterocycles. The second-order valence-electron chi connectivity index (χ2n) is 5.78. The Morgan fingerprint density at radius 2 is 1.80 bits per heavy atom. The van der Waals surface area contributed by atoms with Crippen molar-refractivity contribution >= 4 is 0 Å². The summed E-state index contributed by atoms with van der Waals surface area (Å²) in [5.41, 5.74) is 7.58. The van der Waals surface area contributed by atoms with Crippen LogP contribution in [0.5, 0.6) is 5.75 Å². The van der Waals surface area contributed by atoms with E-state index in [0.29, 0.717) is 5.56 Å². The Labute approximate surface area is 144 Å². The highest BCUT2D eigenvalue weighted by molar-refractivity contribution is 5.29. The molecule has 0 aromatic heterocycles. The van der Waals surface area contributed by atoms with Gasteiger partial charge in [0.15, 0.2) is 0 Å². The highest BCUT2D eigenvalue weighted by Gasteiger charge is 2.31. The van der Waals surface area contributed by atoms with Crippen LogP contribution in [-0.4, -0.2) is 23.6 Å². The second-order valence-corrected chi connectivity index (χ2v) is 5.78. The number of ether oxygens (including phenoxy) is 1. The van der Waals surface area contributed by atoms with Gasteiger partial charge in [0.05, 0.1) is 12.1 Å². The molecular weight excluding hydrogens is 333 g/mol. The number of halogens is 3. The summed E-state index contributed by atoms with van der Waals surface area (Å²) in [6.07, 6.45) is -5.48. The highest BCUT2D eigenvalue weighted by Crippen LogP contribution is 2.24. The molecule has 2 aromatic carbocycles. The van der Waals surface area contributed by atoms with E-state index in [1.807, 2.05) is 30.3 Å². The zero-order valence-electron chi connectivity index (χ0n) is 13.7. The predicted molar refractivity (Wildman–Crippen MR) is 88.8 cm³/mol. The van der Waals surface area contributed by atoms with E-state index in [4.69, 9.17) is 5.73 Å². The number of hydrogen-bond acceptors (Lipinski definition) is 4. The zero-order valence-corrected chi connectivity index (χ0v) is 13.7. The fourth-order valence-corrected chi connectivity index (χ4v) is 2.50. The molecule has 1 unspecified atom stereocenters. The standard InChI is InChI=1S/C18H21F3N2O2/c1-12(24)16(22)17(14-7-3-2-4-8-14)23-11-13-6-5-9-15(10-13)25-18(19,20)21/h2-10,12,16-17,23-24H,11,22H2,1H3/t12-,16-,17?/m1/s1. The molecule has 4 N–H and O–H groups in total. The first-order chi connectivity index (χ1) is 11.8. The van der Waals surface area contributed by atoms with Gasteiger partial charge in [-0.05, 0) is 30.2 Å². The van der Waals surface area contributed by atoms with Gasteiger partial charge in [-0.3, -0.25) is 0 Å². The minimum atomic E-state index is -4.73. The summed E-state index contributed by atoms with van der Waals surface area (Å²) in [5, 5.41) is 13.0. The molecule has 25 heavy (non-hydrogen) atoms. The fourth-order valence-electron chi connectivity index (χ4n) is 2.50. The van der Waals surface area contributed by atoms with Crippen LogP contribution >= 0.6 is 0 Å². The summed E-state index contributed by atoms with van der Waals surface area (Å²) < 4.78 is 40.9. The molecule has 0 aliphatic heterocycles. The van der Waals surface area contributed by atoms with Gasteiger partial charge in [-0.2, -0.15) is 0 Å². The summed E-state index contributed by atoms with van der Waals surface area (Å²) in [4.78, 5) is 0. The maximum atomic E-state index is 12.3. The van der Waals surface area contributed by atoms with Crippen LogP contribution in [0.3, 0.4) is 0 Å². The summed E-state index contributed by atoms with van der Waals surface area (Å²) in [6, 6.07) is 14.1. The quantitative estimate of drug-likeness (QED) is 0.715. The number of rotatable bonds is 7. The van der Waals surface area contributed by atoms with Gasteiger partial charge in [0.2, 0.25) is 0 Å². The normalized spacial score (nSPS) is 15.4. The molecule has 0 aliphatic carbocycles. The van der Waals surface area contributed by atoms with E-state index in [2.05, 4.69) is 10.1 Å². The van der Waals surface area contributed by atoms with Crippen molar-refractivity contribution in [2.45, 2.75) is 38.0 Å². The molecule has 0 heterocycles. The maximum absolute atomic E-state index is 12.3. The van der Waals surface area contributed by atoms with Crippen molar-refractivity contribution in [3.05, 3.63) is 65.7 Å². The first-order valence-corrected chi connectivity index (χ1v) is 7.83. The van der Waals surface area contributed by atoms with E-state index in [-0.39, 0.29) is 18.3 Å². The number of aliphatic hydroxyl groups excluding tert-OH is 1. The van der Waals surface area contributed by atoms with Crippen LogP contribution in [0.15, 0.2) is 54.6 Å². The van der Waals surface area contributed by atoms with E-state index < -0.39 is 18.5 Å². The first kappa shape index (κ1) is 19.2. The maximum Gasteiger partial charge on any atom is 0.573 e. The third kappa shape index (κ3) is 6.04. The minimum Gasteiger partial charge on any atom is -0.406 e.